The highest BCUT2D eigenvalue weighted by Gasteiger charge is 2.20. The van der Waals surface area contributed by atoms with Gasteiger partial charge in [-0.05, 0) is 51.5 Å². The molecule has 6 nitrogen and oxygen atoms in total. The molecule has 0 saturated carbocycles. The van der Waals surface area contributed by atoms with Crippen molar-refractivity contribution in [2.24, 2.45) is 0 Å². The van der Waals surface area contributed by atoms with Crippen LogP contribution in [0.1, 0.15) is 48.4 Å². The van der Waals surface area contributed by atoms with E-state index < -0.39 is 0 Å². The minimum absolute atomic E-state index is 0.0232. The minimum atomic E-state index is -0.366. The maximum atomic E-state index is 12.5. The molecule has 158 valence electrons. The van der Waals surface area contributed by atoms with E-state index in [-0.39, 0.29) is 12.0 Å². The molecule has 1 aromatic carbocycles. The molecule has 0 aliphatic rings. The van der Waals surface area contributed by atoms with Crippen LogP contribution in [-0.4, -0.2) is 27.5 Å². The number of carbonyl (C=O) groups is 1. The van der Waals surface area contributed by atoms with Crippen molar-refractivity contribution in [3.63, 3.8) is 0 Å². The molecule has 2 aromatic heterocycles. The van der Waals surface area contributed by atoms with Gasteiger partial charge in [-0.3, -0.25) is 4.68 Å². The van der Waals surface area contributed by atoms with Gasteiger partial charge in [0.25, 0.3) is 0 Å². The van der Waals surface area contributed by atoms with Crippen LogP contribution < -0.4 is 10.6 Å². The molecule has 8 heteroatoms. The SMILES string of the molecule is CCOC(=O)c1cc(-c2ccccc2)sc1NC(=S)NC(C)c1cn(CC)nc1C. The number of benzene rings is 1. The van der Waals surface area contributed by atoms with Gasteiger partial charge >= 0.3 is 5.97 Å². The second kappa shape index (κ2) is 9.86. The van der Waals surface area contributed by atoms with Crippen molar-refractivity contribution < 1.29 is 9.53 Å². The summed E-state index contributed by atoms with van der Waals surface area (Å²) in [4.78, 5) is 13.5. The largest absolute Gasteiger partial charge is 0.462 e. The summed E-state index contributed by atoms with van der Waals surface area (Å²) in [5.41, 5.74) is 3.57. The lowest BCUT2D eigenvalue weighted by Gasteiger charge is -2.16. The lowest BCUT2D eigenvalue weighted by Crippen LogP contribution is -2.31. The number of ether oxygens (including phenoxy) is 1. The second-order valence-electron chi connectivity index (χ2n) is 6.79. The summed E-state index contributed by atoms with van der Waals surface area (Å²) < 4.78 is 7.14. The molecular formula is C22H26N4O2S2. The molecule has 1 unspecified atom stereocenters. The van der Waals surface area contributed by atoms with E-state index in [0.717, 1.165) is 28.2 Å². The highest BCUT2D eigenvalue weighted by atomic mass is 32.1. The Labute approximate surface area is 186 Å². The predicted octanol–water partition coefficient (Wildman–Crippen LogP) is 5.16. The number of thiophene rings is 1. The van der Waals surface area contributed by atoms with Gasteiger partial charge in [0, 0.05) is 23.2 Å². The average Bonchev–Trinajstić information content (AvgIpc) is 3.32. The number of carbonyl (C=O) groups excluding carboxylic acids is 1. The number of anilines is 1. The highest BCUT2D eigenvalue weighted by Crippen LogP contribution is 2.36. The number of esters is 1. The Morgan fingerprint density at radius 2 is 2.03 bits per heavy atom. The number of hydrogen-bond donors (Lipinski definition) is 2. The normalized spacial score (nSPS) is 11.7. The summed E-state index contributed by atoms with van der Waals surface area (Å²) in [6.07, 6.45) is 2.03. The summed E-state index contributed by atoms with van der Waals surface area (Å²) >= 11 is 7.01. The topological polar surface area (TPSA) is 68.2 Å². The smallest absolute Gasteiger partial charge is 0.341 e. The number of hydrogen-bond acceptors (Lipinski definition) is 5. The molecule has 3 aromatic rings. The van der Waals surface area contributed by atoms with Crippen LogP contribution in [0.5, 0.6) is 0 Å². The number of aryl methyl sites for hydroxylation is 2. The molecule has 0 fully saturated rings. The van der Waals surface area contributed by atoms with Gasteiger partial charge in [-0.25, -0.2) is 4.79 Å². The Morgan fingerprint density at radius 3 is 2.67 bits per heavy atom. The molecule has 0 amide bonds. The van der Waals surface area contributed by atoms with E-state index in [1.807, 2.05) is 61.1 Å². The third-order valence-electron chi connectivity index (χ3n) is 4.64. The van der Waals surface area contributed by atoms with E-state index in [0.29, 0.717) is 22.3 Å². The summed E-state index contributed by atoms with van der Waals surface area (Å²) in [5, 5.41) is 12.1. The second-order valence-corrected chi connectivity index (χ2v) is 8.25. The van der Waals surface area contributed by atoms with Crippen LogP contribution in [0.4, 0.5) is 5.00 Å². The van der Waals surface area contributed by atoms with Crippen molar-refractivity contribution in [3.05, 3.63) is 59.4 Å². The fraction of sp³-hybridized carbons (Fsp3) is 0.318. The van der Waals surface area contributed by atoms with Gasteiger partial charge < -0.3 is 15.4 Å². The molecular weight excluding hydrogens is 416 g/mol. The molecule has 0 spiro atoms. The Hall–Kier alpha value is -2.71. The molecule has 0 radical (unpaired) electrons. The number of nitrogens with one attached hydrogen (secondary N) is 2. The third kappa shape index (κ3) is 5.06. The summed E-state index contributed by atoms with van der Waals surface area (Å²) in [6, 6.07) is 11.8. The Balaban J connectivity index is 1.80. The maximum Gasteiger partial charge on any atom is 0.341 e. The van der Waals surface area contributed by atoms with Crippen molar-refractivity contribution in [1.29, 1.82) is 0 Å². The van der Waals surface area contributed by atoms with Crippen LogP contribution in [0, 0.1) is 6.92 Å². The fourth-order valence-corrected chi connectivity index (χ4v) is 4.52. The molecule has 0 saturated heterocycles. The zero-order valence-electron chi connectivity index (χ0n) is 17.6. The predicted molar refractivity (Wildman–Crippen MR) is 126 cm³/mol. The lowest BCUT2D eigenvalue weighted by atomic mass is 10.1. The van der Waals surface area contributed by atoms with Gasteiger partial charge in [0.05, 0.1) is 23.9 Å². The van der Waals surface area contributed by atoms with Gasteiger partial charge in [0.2, 0.25) is 0 Å². The average molecular weight is 443 g/mol. The van der Waals surface area contributed by atoms with E-state index in [1.54, 1.807) is 6.92 Å². The van der Waals surface area contributed by atoms with Gasteiger partial charge in [-0.2, -0.15) is 5.10 Å². The first-order valence-electron chi connectivity index (χ1n) is 9.90. The van der Waals surface area contributed by atoms with E-state index in [1.165, 1.54) is 11.3 Å². The monoisotopic (exact) mass is 442 g/mol. The molecule has 30 heavy (non-hydrogen) atoms. The molecule has 2 heterocycles. The first-order chi connectivity index (χ1) is 14.4. The van der Waals surface area contributed by atoms with Crippen molar-refractivity contribution in [3.8, 4) is 10.4 Å². The van der Waals surface area contributed by atoms with E-state index in [9.17, 15) is 4.79 Å². The number of aromatic nitrogens is 2. The van der Waals surface area contributed by atoms with Gasteiger partial charge in [-0.15, -0.1) is 11.3 Å². The van der Waals surface area contributed by atoms with Crippen molar-refractivity contribution >= 4 is 39.6 Å². The highest BCUT2D eigenvalue weighted by molar-refractivity contribution is 7.80. The van der Waals surface area contributed by atoms with Gasteiger partial charge in [-0.1, -0.05) is 30.3 Å². The number of rotatable bonds is 7. The van der Waals surface area contributed by atoms with Crippen molar-refractivity contribution in [1.82, 2.24) is 15.1 Å². The fourth-order valence-electron chi connectivity index (χ4n) is 3.12. The number of nitrogens with zero attached hydrogens (tertiary/aromatic N) is 2. The molecule has 0 bridgehead atoms. The zero-order valence-corrected chi connectivity index (χ0v) is 19.2. The molecule has 2 N–H and O–H groups in total. The van der Waals surface area contributed by atoms with Crippen molar-refractivity contribution in [2.45, 2.75) is 40.3 Å². The van der Waals surface area contributed by atoms with Gasteiger partial charge in [0.15, 0.2) is 5.11 Å². The van der Waals surface area contributed by atoms with E-state index in [4.69, 9.17) is 17.0 Å². The standard InChI is InChI=1S/C22H26N4O2S2/c1-5-26-13-18(15(4)25-26)14(3)23-22(29)24-20-17(21(27)28-6-2)12-19(30-20)16-10-8-7-9-11-16/h7-14H,5-6H2,1-4H3,(H2,23,24,29). The minimum Gasteiger partial charge on any atom is -0.462 e. The summed E-state index contributed by atoms with van der Waals surface area (Å²) in [7, 11) is 0. The van der Waals surface area contributed by atoms with E-state index in [2.05, 4.69) is 22.7 Å². The molecule has 1 atom stereocenters. The Morgan fingerprint density at radius 1 is 1.30 bits per heavy atom. The lowest BCUT2D eigenvalue weighted by molar-refractivity contribution is 0.0528. The van der Waals surface area contributed by atoms with Crippen LogP contribution in [-0.2, 0) is 11.3 Å². The molecule has 0 aliphatic heterocycles. The quantitative estimate of drug-likeness (QED) is 0.389. The van der Waals surface area contributed by atoms with Crippen LogP contribution >= 0.6 is 23.6 Å². The first-order valence-corrected chi connectivity index (χ1v) is 11.1. The third-order valence-corrected chi connectivity index (χ3v) is 5.95. The zero-order chi connectivity index (χ0) is 21.7. The van der Waals surface area contributed by atoms with Crippen LogP contribution in [0.15, 0.2) is 42.6 Å². The Bertz CT molecular complexity index is 1030. The van der Waals surface area contributed by atoms with Crippen LogP contribution in [0.3, 0.4) is 0 Å². The maximum absolute atomic E-state index is 12.5. The van der Waals surface area contributed by atoms with Crippen LogP contribution in [0.25, 0.3) is 10.4 Å². The van der Waals surface area contributed by atoms with E-state index >= 15 is 0 Å². The molecule has 3 rings (SSSR count). The first kappa shape index (κ1) is 22.0. The van der Waals surface area contributed by atoms with Gasteiger partial charge in [0.1, 0.15) is 5.00 Å². The summed E-state index contributed by atoms with van der Waals surface area (Å²) in [5.74, 6) is -0.366. The summed E-state index contributed by atoms with van der Waals surface area (Å²) in [6.45, 7) is 9.00. The Kier molecular flexibility index (Phi) is 7.23. The number of thiocarbonyl (C=S) groups is 1. The molecule has 0 aliphatic carbocycles. The van der Waals surface area contributed by atoms with Crippen LogP contribution in [0.2, 0.25) is 0 Å². The van der Waals surface area contributed by atoms with Crippen molar-refractivity contribution in [2.75, 3.05) is 11.9 Å².